The second kappa shape index (κ2) is 7.19. The van der Waals surface area contributed by atoms with Gasteiger partial charge in [-0.05, 0) is 49.6 Å². The van der Waals surface area contributed by atoms with Gasteiger partial charge in [-0.25, -0.2) is 13.6 Å². The normalized spacial score (nSPS) is 17.8. The van der Waals surface area contributed by atoms with Crippen LogP contribution in [0.2, 0.25) is 0 Å². The first-order valence-corrected chi connectivity index (χ1v) is 10.1. The molecule has 138 valence electrons. The molecule has 1 aliphatic rings. The number of carbonyl (C=O) groups is 1. The van der Waals surface area contributed by atoms with Gasteiger partial charge in [0.25, 0.3) is 0 Å². The fourth-order valence-corrected chi connectivity index (χ4v) is 3.78. The van der Waals surface area contributed by atoms with E-state index in [-0.39, 0.29) is 22.9 Å². The highest BCUT2D eigenvalue weighted by Crippen LogP contribution is 2.32. The lowest BCUT2D eigenvalue weighted by molar-refractivity contribution is -0.120. The topological polar surface area (TPSA) is 92.5 Å². The van der Waals surface area contributed by atoms with Crippen LogP contribution in [-0.2, 0) is 27.8 Å². The Bertz CT molecular complexity index is 910. The monoisotopic (exact) mass is 373 g/mol. The number of hydrogen-bond acceptors (Lipinski definition) is 4. The molecule has 1 amide bonds. The first-order valence-electron chi connectivity index (χ1n) is 8.53. The Kier molecular flexibility index (Phi) is 5.13. The van der Waals surface area contributed by atoms with Gasteiger partial charge in [0, 0.05) is 18.3 Å². The van der Waals surface area contributed by atoms with Crippen LogP contribution in [0.15, 0.2) is 53.4 Å². The van der Waals surface area contributed by atoms with Crippen LogP contribution >= 0.6 is 0 Å². The molecule has 0 spiro atoms. The molecule has 0 saturated heterocycles. The van der Waals surface area contributed by atoms with Gasteiger partial charge in [-0.15, -0.1) is 0 Å². The van der Waals surface area contributed by atoms with Gasteiger partial charge in [0.15, 0.2) is 0 Å². The number of fused-ring (bicyclic) bond motifs is 1. The van der Waals surface area contributed by atoms with Crippen LogP contribution in [0.3, 0.4) is 0 Å². The van der Waals surface area contributed by atoms with Gasteiger partial charge >= 0.3 is 0 Å². The predicted octanol–water partition coefficient (Wildman–Crippen LogP) is 1.79. The number of amides is 1. The Morgan fingerprint density at radius 3 is 2.54 bits per heavy atom. The fraction of sp³-hybridized carbons (Fsp3) is 0.316. The minimum atomic E-state index is -3.69. The zero-order chi connectivity index (χ0) is 18.9. The predicted molar refractivity (Wildman–Crippen MR) is 101 cm³/mol. The Hall–Kier alpha value is -2.22. The van der Waals surface area contributed by atoms with Crippen LogP contribution < -0.4 is 15.4 Å². The molecule has 7 heteroatoms. The Morgan fingerprint density at radius 1 is 1.23 bits per heavy atom. The maximum absolute atomic E-state index is 12.9. The molecule has 3 N–H and O–H groups in total. The molecular weight excluding hydrogens is 350 g/mol. The number of nitrogens with zero attached hydrogens (tertiary/aromatic N) is 1. The van der Waals surface area contributed by atoms with E-state index in [2.05, 4.69) is 18.3 Å². The van der Waals surface area contributed by atoms with E-state index in [9.17, 15) is 13.2 Å². The van der Waals surface area contributed by atoms with Crippen molar-refractivity contribution < 1.29 is 13.2 Å². The van der Waals surface area contributed by atoms with E-state index in [4.69, 9.17) is 5.14 Å². The van der Waals surface area contributed by atoms with Crippen molar-refractivity contribution in [2.75, 3.05) is 4.90 Å². The number of primary sulfonamides is 1. The van der Waals surface area contributed by atoms with Crippen molar-refractivity contribution in [2.45, 2.75) is 43.8 Å². The third-order valence-corrected chi connectivity index (χ3v) is 5.61. The number of carbonyl (C=O) groups excluding carboxylic acids is 1. The van der Waals surface area contributed by atoms with E-state index in [0.29, 0.717) is 6.54 Å². The molecule has 0 unspecified atom stereocenters. The number of sulfonamides is 1. The zero-order valence-electron chi connectivity index (χ0n) is 14.8. The number of nitrogens with one attached hydrogen (secondary N) is 1. The summed E-state index contributed by atoms with van der Waals surface area (Å²) in [6, 6.07) is 14.1. The molecule has 1 heterocycles. The van der Waals surface area contributed by atoms with Crippen molar-refractivity contribution in [3.05, 3.63) is 59.7 Å². The SMILES string of the molecule is C[C@H](NCc1ccc(S(N)(=O)=O)cc1)C(=O)N1c2ccccc2C[C@H]1C. The third kappa shape index (κ3) is 3.80. The summed E-state index contributed by atoms with van der Waals surface area (Å²) in [4.78, 5) is 14.8. The molecule has 0 aliphatic carbocycles. The minimum Gasteiger partial charge on any atom is -0.308 e. The Labute approximate surface area is 154 Å². The summed E-state index contributed by atoms with van der Waals surface area (Å²) >= 11 is 0. The fourth-order valence-electron chi connectivity index (χ4n) is 3.27. The maximum Gasteiger partial charge on any atom is 0.244 e. The highest BCUT2D eigenvalue weighted by Gasteiger charge is 2.32. The molecule has 0 fully saturated rings. The summed E-state index contributed by atoms with van der Waals surface area (Å²) in [5.41, 5.74) is 3.06. The van der Waals surface area contributed by atoms with E-state index in [1.54, 1.807) is 12.1 Å². The van der Waals surface area contributed by atoms with Gasteiger partial charge in [-0.3, -0.25) is 4.79 Å². The number of rotatable bonds is 5. The van der Waals surface area contributed by atoms with Crippen LogP contribution in [0.5, 0.6) is 0 Å². The van der Waals surface area contributed by atoms with Crippen molar-refractivity contribution in [3.63, 3.8) is 0 Å². The Balaban J connectivity index is 1.65. The first kappa shape index (κ1) is 18.6. The summed E-state index contributed by atoms with van der Waals surface area (Å²) in [6.07, 6.45) is 0.865. The lowest BCUT2D eigenvalue weighted by atomic mass is 10.1. The summed E-state index contributed by atoms with van der Waals surface area (Å²) < 4.78 is 22.6. The van der Waals surface area contributed by atoms with Gasteiger partial charge in [0.05, 0.1) is 10.9 Å². The summed E-state index contributed by atoms with van der Waals surface area (Å²) in [6.45, 7) is 4.35. The molecule has 0 radical (unpaired) electrons. The van der Waals surface area contributed by atoms with Crippen molar-refractivity contribution in [1.82, 2.24) is 5.32 Å². The highest BCUT2D eigenvalue weighted by atomic mass is 32.2. The van der Waals surface area contributed by atoms with Gasteiger partial charge in [-0.2, -0.15) is 0 Å². The van der Waals surface area contributed by atoms with Crippen molar-refractivity contribution in [1.29, 1.82) is 0 Å². The molecule has 2 aromatic carbocycles. The second-order valence-electron chi connectivity index (χ2n) is 6.68. The minimum absolute atomic E-state index is 0.0311. The van der Waals surface area contributed by atoms with Gasteiger partial charge in [-0.1, -0.05) is 30.3 Å². The van der Waals surface area contributed by atoms with Crippen LogP contribution in [0.25, 0.3) is 0 Å². The van der Waals surface area contributed by atoms with Crippen LogP contribution in [0.4, 0.5) is 5.69 Å². The van der Waals surface area contributed by atoms with Gasteiger partial charge in [0.1, 0.15) is 0 Å². The summed E-state index contributed by atoms with van der Waals surface area (Å²) in [7, 11) is -3.69. The molecule has 0 aromatic heterocycles. The second-order valence-corrected chi connectivity index (χ2v) is 8.24. The molecular formula is C19H23N3O3S. The van der Waals surface area contributed by atoms with Crippen LogP contribution in [0, 0.1) is 0 Å². The maximum atomic E-state index is 12.9. The molecule has 1 aliphatic heterocycles. The van der Waals surface area contributed by atoms with E-state index < -0.39 is 10.0 Å². The number of anilines is 1. The smallest absolute Gasteiger partial charge is 0.244 e. The third-order valence-electron chi connectivity index (χ3n) is 4.68. The number of para-hydroxylation sites is 1. The standard InChI is InChI=1S/C19H23N3O3S/c1-13-11-16-5-3-4-6-18(16)22(13)19(23)14(2)21-12-15-7-9-17(10-8-15)26(20,24)25/h3-10,13-14,21H,11-12H2,1-2H3,(H2,20,24,25)/t13-,14+/m1/s1. The first-order chi connectivity index (χ1) is 12.3. The average molecular weight is 373 g/mol. The summed E-state index contributed by atoms with van der Waals surface area (Å²) in [5.74, 6) is 0.0311. The van der Waals surface area contributed by atoms with Crippen molar-refractivity contribution in [3.8, 4) is 0 Å². The number of hydrogen-bond donors (Lipinski definition) is 2. The lowest BCUT2D eigenvalue weighted by Gasteiger charge is -2.26. The molecule has 3 rings (SSSR count). The summed E-state index contributed by atoms with van der Waals surface area (Å²) in [5, 5.41) is 8.31. The van der Waals surface area contributed by atoms with E-state index in [0.717, 1.165) is 17.7 Å². The van der Waals surface area contributed by atoms with E-state index >= 15 is 0 Å². The van der Waals surface area contributed by atoms with Crippen molar-refractivity contribution >= 4 is 21.6 Å². The average Bonchev–Trinajstić information content (AvgIpc) is 2.94. The van der Waals surface area contributed by atoms with Gasteiger partial charge in [0.2, 0.25) is 15.9 Å². The number of nitrogens with two attached hydrogens (primary N) is 1. The quantitative estimate of drug-likeness (QED) is 0.836. The van der Waals surface area contributed by atoms with Gasteiger partial charge < -0.3 is 10.2 Å². The molecule has 0 bridgehead atoms. The molecule has 0 saturated carbocycles. The zero-order valence-corrected chi connectivity index (χ0v) is 15.7. The largest absolute Gasteiger partial charge is 0.308 e. The molecule has 2 aromatic rings. The molecule has 26 heavy (non-hydrogen) atoms. The molecule has 6 nitrogen and oxygen atoms in total. The van der Waals surface area contributed by atoms with E-state index in [1.807, 2.05) is 30.0 Å². The highest BCUT2D eigenvalue weighted by molar-refractivity contribution is 7.89. The van der Waals surface area contributed by atoms with Crippen molar-refractivity contribution in [2.24, 2.45) is 5.14 Å². The Morgan fingerprint density at radius 2 is 1.88 bits per heavy atom. The van der Waals surface area contributed by atoms with E-state index in [1.165, 1.54) is 17.7 Å². The van der Waals surface area contributed by atoms with Crippen LogP contribution in [0.1, 0.15) is 25.0 Å². The molecule has 2 atom stereocenters. The lowest BCUT2D eigenvalue weighted by Crippen LogP contribution is -2.47. The number of benzene rings is 2. The van der Waals surface area contributed by atoms with Crippen LogP contribution in [-0.4, -0.2) is 26.4 Å².